The van der Waals surface area contributed by atoms with Crippen molar-refractivity contribution in [2.45, 2.75) is 0 Å². The Morgan fingerprint density at radius 3 is 2.00 bits per heavy atom. The Morgan fingerprint density at radius 2 is 1.60 bits per heavy atom. The molecule has 0 radical (unpaired) electrons. The number of hydrogen-bond acceptors (Lipinski definition) is 4. The van der Waals surface area contributed by atoms with Crippen molar-refractivity contribution in [1.29, 1.82) is 0 Å². The van der Waals surface area contributed by atoms with Crippen LogP contribution in [0.3, 0.4) is 0 Å². The molecule has 0 saturated carbocycles. The number of rotatable bonds is 3. The van der Waals surface area contributed by atoms with Crippen molar-refractivity contribution in [2.24, 2.45) is 0 Å². The maximum absolute atomic E-state index is 11.4. The first-order valence-corrected chi connectivity index (χ1v) is 7.67. The van der Waals surface area contributed by atoms with Crippen LogP contribution < -0.4 is 39.0 Å². The summed E-state index contributed by atoms with van der Waals surface area (Å²) in [5.74, 6) is 0.130. The molecule has 1 aromatic carbocycles. The van der Waals surface area contributed by atoms with E-state index in [0.717, 1.165) is 0 Å². The molecule has 1 unspecified atom stereocenters. The minimum absolute atomic E-state index is 0. The van der Waals surface area contributed by atoms with E-state index in [2.05, 4.69) is 32.3 Å². The van der Waals surface area contributed by atoms with E-state index in [1.165, 1.54) is 19.2 Å². The van der Waals surface area contributed by atoms with Gasteiger partial charge in [0.15, 0.2) is 6.72 Å². The summed E-state index contributed by atoms with van der Waals surface area (Å²) in [5, 5.41) is 0.619. The largest absolute Gasteiger partial charge is 1.00 e. The second kappa shape index (κ2) is 14.1. The van der Waals surface area contributed by atoms with Gasteiger partial charge in [-0.25, -0.2) is 0 Å². The molecule has 0 bridgehead atoms. The van der Waals surface area contributed by atoms with Crippen LogP contribution in [0.4, 0.5) is 0 Å². The molecule has 0 fully saturated rings. The molecule has 0 aromatic heterocycles. The second-order valence-corrected chi connectivity index (χ2v) is 6.87. The van der Waals surface area contributed by atoms with Gasteiger partial charge in [0.05, 0.1) is 10.0 Å². The number of halogens is 3. The summed E-state index contributed by atoms with van der Waals surface area (Å²) in [6, 6.07) is 2.93. The standard InChI is InChI=1S/C7H6BrCl2O3PS.Na.4H2O/c1-12-14(11,15)13-7-3-5(9)4(8)2-6(7)10;;;;;/h2-3H,1H3,(H,11,15);;4*1H2/q;+1;;;;/p-1. The van der Waals surface area contributed by atoms with Gasteiger partial charge in [0.25, 0.3) is 0 Å². The molecule has 1 aromatic rings. The van der Waals surface area contributed by atoms with Gasteiger partial charge in [0.2, 0.25) is 0 Å². The zero-order valence-electron chi connectivity index (χ0n) is 10.4. The van der Waals surface area contributed by atoms with E-state index in [9.17, 15) is 4.89 Å². The van der Waals surface area contributed by atoms with Crippen LogP contribution in [0.15, 0.2) is 16.6 Å². The minimum Gasteiger partial charge on any atom is -0.770 e. The SMILES string of the molecule is COP([O-])(=S)Oc1cc(Cl)c(Br)cc1Cl.O.O.O.O.[Na+]. The number of hydrogen-bond donors (Lipinski definition) is 0. The fourth-order valence-electron chi connectivity index (χ4n) is 0.732. The van der Waals surface area contributed by atoms with E-state index in [4.69, 9.17) is 27.7 Å². The molecule has 7 nitrogen and oxygen atoms in total. The Labute approximate surface area is 161 Å². The predicted molar refractivity (Wildman–Crippen MR) is 80.5 cm³/mol. The van der Waals surface area contributed by atoms with E-state index in [1.807, 2.05) is 0 Å². The fraction of sp³-hybridized carbons (Fsp3) is 0.143. The molecule has 0 amide bonds. The van der Waals surface area contributed by atoms with Crippen molar-refractivity contribution in [3.63, 3.8) is 0 Å². The maximum atomic E-state index is 11.4. The molecule has 0 spiro atoms. The predicted octanol–water partition coefficient (Wildman–Crippen LogP) is -2.93. The van der Waals surface area contributed by atoms with Crippen LogP contribution in [-0.2, 0) is 16.3 Å². The first-order chi connectivity index (χ1) is 6.85. The van der Waals surface area contributed by atoms with Gasteiger partial charge in [-0.1, -0.05) is 23.2 Å². The van der Waals surface area contributed by atoms with Crippen LogP contribution in [0, 0.1) is 0 Å². The summed E-state index contributed by atoms with van der Waals surface area (Å²) in [6.07, 6.45) is 0. The summed E-state index contributed by atoms with van der Waals surface area (Å²) in [7, 11) is 1.20. The molecule has 20 heavy (non-hydrogen) atoms. The average molecular weight is 446 g/mol. The molecule has 8 N–H and O–H groups in total. The third-order valence-electron chi connectivity index (χ3n) is 1.41. The van der Waals surface area contributed by atoms with E-state index >= 15 is 0 Å². The normalized spacial score (nSPS) is 11.1. The molecule has 0 aliphatic heterocycles. The van der Waals surface area contributed by atoms with Crippen LogP contribution in [0.25, 0.3) is 0 Å². The Bertz CT molecular complexity index is 442. The Morgan fingerprint density at radius 1 is 1.15 bits per heavy atom. The van der Waals surface area contributed by atoms with Gasteiger partial charge >= 0.3 is 29.6 Å². The molecule has 1 rings (SSSR count). The summed E-state index contributed by atoms with van der Waals surface area (Å²) < 4.78 is 10.0. The quantitative estimate of drug-likeness (QED) is 0.276. The molecule has 116 valence electrons. The zero-order valence-corrected chi connectivity index (χ0v) is 17.2. The summed E-state index contributed by atoms with van der Waals surface area (Å²) >= 11 is 19.4. The van der Waals surface area contributed by atoms with Crippen LogP contribution in [-0.4, -0.2) is 29.0 Å². The molecule has 1 atom stereocenters. The molecular weight excluding hydrogens is 433 g/mol. The molecule has 0 saturated heterocycles. The van der Waals surface area contributed by atoms with Gasteiger partial charge in [-0.2, -0.15) is 0 Å². The van der Waals surface area contributed by atoms with Crippen molar-refractivity contribution in [3.8, 4) is 5.75 Å². The smallest absolute Gasteiger partial charge is 0.770 e. The van der Waals surface area contributed by atoms with Crippen molar-refractivity contribution < 1.29 is 65.4 Å². The Hall–Kier alpha value is 1.49. The van der Waals surface area contributed by atoms with Crippen LogP contribution >= 0.6 is 45.9 Å². The second-order valence-electron chi connectivity index (χ2n) is 2.42. The fourth-order valence-corrected chi connectivity index (χ4v) is 2.32. The van der Waals surface area contributed by atoms with E-state index < -0.39 is 6.72 Å². The van der Waals surface area contributed by atoms with Crippen molar-refractivity contribution in [1.82, 2.24) is 0 Å². The summed E-state index contributed by atoms with van der Waals surface area (Å²) in [5.41, 5.74) is 0. The third kappa shape index (κ3) is 10.3. The Balaban J connectivity index is -0.000000150. The minimum atomic E-state index is -3.53. The van der Waals surface area contributed by atoms with Crippen LogP contribution in [0.1, 0.15) is 0 Å². The average Bonchev–Trinajstić information content (AvgIpc) is 2.14. The molecular formula is C7H13BrCl2NaO7PS. The van der Waals surface area contributed by atoms with Crippen molar-refractivity contribution in [3.05, 3.63) is 26.7 Å². The topological polar surface area (TPSA) is 168 Å². The first kappa shape index (κ1) is 33.2. The van der Waals surface area contributed by atoms with E-state index in [1.54, 1.807) is 0 Å². The maximum Gasteiger partial charge on any atom is 1.00 e. The number of benzene rings is 1. The van der Waals surface area contributed by atoms with E-state index in [-0.39, 0.29) is 62.2 Å². The van der Waals surface area contributed by atoms with Gasteiger partial charge in [0, 0.05) is 17.6 Å². The molecule has 0 aliphatic carbocycles. The summed E-state index contributed by atoms with van der Waals surface area (Å²) in [4.78, 5) is 11.4. The van der Waals surface area contributed by atoms with Gasteiger partial charge in [0.1, 0.15) is 5.75 Å². The van der Waals surface area contributed by atoms with Gasteiger partial charge in [-0.3, -0.25) is 0 Å². The third-order valence-corrected chi connectivity index (χ3v) is 4.44. The van der Waals surface area contributed by atoms with Crippen LogP contribution in [0.5, 0.6) is 5.75 Å². The zero-order chi connectivity index (χ0) is 11.6. The Kier molecular flexibility index (Phi) is 23.4. The first-order valence-electron chi connectivity index (χ1n) is 3.56. The molecule has 0 aliphatic rings. The molecule has 13 heteroatoms. The van der Waals surface area contributed by atoms with Crippen LogP contribution in [0.2, 0.25) is 10.0 Å². The van der Waals surface area contributed by atoms with Crippen molar-refractivity contribution >= 4 is 57.7 Å². The monoisotopic (exact) mass is 444 g/mol. The molecule has 0 heterocycles. The van der Waals surface area contributed by atoms with Crippen molar-refractivity contribution in [2.75, 3.05) is 7.11 Å². The van der Waals surface area contributed by atoms with E-state index in [0.29, 0.717) is 9.50 Å². The van der Waals surface area contributed by atoms with Gasteiger partial charge in [-0.05, 0) is 33.8 Å². The van der Waals surface area contributed by atoms with Gasteiger partial charge in [-0.15, -0.1) is 0 Å². The summed E-state index contributed by atoms with van der Waals surface area (Å²) in [6.45, 7) is -3.53. The van der Waals surface area contributed by atoms with Gasteiger partial charge < -0.3 is 35.8 Å².